The molecule has 0 saturated carbocycles. The van der Waals surface area contributed by atoms with Gasteiger partial charge in [-0.15, -0.1) is 0 Å². The number of imidazole rings is 2. The number of rotatable bonds is 11. The van der Waals surface area contributed by atoms with Gasteiger partial charge in [0.05, 0.1) is 25.2 Å². The number of nitrogens with two attached hydrogens (primary N) is 1. The van der Waals surface area contributed by atoms with Gasteiger partial charge in [0.1, 0.15) is 5.56 Å². The Hall–Kier alpha value is -6.60. The summed E-state index contributed by atoms with van der Waals surface area (Å²) < 4.78 is 5.88. The minimum Gasteiger partial charge on any atom is -0.399 e. The first kappa shape index (κ1) is 34.8. The minimum absolute atomic E-state index is 0.0551. The number of nitrogen functional groups attached to an aromatic ring is 1. The normalized spacial score (nSPS) is 11.9. The quantitative estimate of drug-likeness (QED) is 0.117. The molecule has 1 aliphatic carbocycles. The average molecular weight is 709 g/mol. The zero-order valence-corrected chi connectivity index (χ0v) is 29.4. The van der Waals surface area contributed by atoms with Gasteiger partial charge in [0.15, 0.2) is 5.65 Å². The largest absolute Gasteiger partial charge is 0.399 e. The van der Waals surface area contributed by atoms with E-state index >= 15 is 0 Å². The van der Waals surface area contributed by atoms with Gasteiger partial charge in [-0.25, -0.2) is 20.4 Å². The number of benzene rings is 3. The van der Waals surface area contributed by atoms with E-state index in [0.29, 0.717) is 11.6 Å². The first-order valence-electron chi connectivity index (χ1n) is 17.4. The van der Waals surface area contributed by atoms with Gasteiger partial charge in [0, 0.05) is 67.3 Å². The molecule has 0 unspecified atom stereocenters. The molecule has 53 heavy (non-hydrogen) atoms. The highest BCUT2D eigenvalue weighted by molar-refractivity contribution is 5.96. The van der Waals surface area contributed by atoms with Crippen molar-refractivity contribution in [2.24, 2.45) is 0 Å². The summed E-state index contributed by atoms with van der Waals surface area (Å²) >= 11 is 0. The number of anilines is 3. The SMILES string of the molecule is CONC(=O)c1cn(-c2ccc3c(c2)CCC3)c2nc(Nc3ccc(CCn4ccnc4)cc3)ncc2c1=O.Nc1ccc(CCn2ccnc2)cc1. The number of amides is 1. The van der Waals surface area contributed by atoms with Gasteiger partial charge in [-0.05, 0) is 90.8 Å². The van der Waals surface area contributed by atoms with Crippen LogP contribution in [0.2, 0.25) is 0 Å². The molecule has 4 aromatic heterocycles. The van der Waals surface area contributed by atoms with Crippen molar-refractivity contribution in [2.45, 2.75) is 45.2 Å². The van der Waals surface area contributed by atoms with Crippen LogP contribution in [0.4, 0.5) is 17.3 Å². The lowest BCUT2D eigenvalue weighted by Crippen LogP contribution is -2.29. The van der Waals surface area contributed by atoms with E-state index in [1.54, 1.807) is 17.0 Å². The van der Waals surface area contributed by atoms with E-state index < -0.39 is 11.3 Å². The number of pyridine rings is 1. The molecular formula is C40H40N10O3. The molecule has 1 amide bonds. The molecule has 0 aliphatic heterocycles. The Balaban J connectivity index is 0.000000260. The van der Waals surface area contributed by atoms with Crippen molar-refractivity contribution in [3.8, 4) is 5.69 Å². The maximum atomic E-state index is 13.2. The lowest BCUT2D eigenvalue weighted by atomic mass is 10.1. The van der Waals surface area contributed by atoms with Crippen molar-refractivity contribution in [1.29, 1.82) is 0 Å². The molecule has 0 atom stereocenters. The van der Waals surface area contributed by atoms with Crippen molar-refractivity contribution >= 4 is 34.3 Å². The summed E-state index contributed by atoms with van der Waals surface area (Å²) in [4.78, 5) is 47.8. The van der Waals surface area contributed by atoms with Gasteiger partial charge in [0.25, 0.3) is 5.91 Å². The lowest BCUT2D eigenvalue weighted by Gasteiger charge is -2.15. The van der Waals surface area contributed by atoms with Crippen LogP contribution in [0, 0.1) is 0 Å². The topological polar surface area (TPSA) is 160 Å². The number of aromatic nitrogens is 7. The highest BCUT2D eigenvalue weighted by atomic mass is 16.6. The molecule has 7 aromatic rings. The maximum absolute atomic E-state index is 13.2. The number of carbonyl (C=O) groups is 1. The van der Waals surface area contributed by atoms with Crippen LogP contribution in [0.25, 0.3) is 16.7 Å². The highest BCUT2D eigenvalue weighted by Gasteiger charge is 2.20. The third-order valence-electron chi connectivity index (χ3n) is 9.17. The summed E-state index contributed by atoms with van der Waals surface area (Å²) in [5.74, 6) is -0.285. The maximum Gasteiger partial charge on any atom is 0.280 e. The summed E-state index contributed by atoms with van der Waals surface area (Å²) in [5.41, 5.74) is 15.3. The Morgan fingerprint density at radius 2 is 1.53 bits per heavy atom. The number of nitrogens with zero attached hydrogens (tertiary/aromatic N) is 7. The van der Waals surface area contributed by atoms with E-state index in [4.69, 9.17) is 15.6 Å². The van der Waals surface area contributed by atoms with Crippen LogP contribution in [0.5, 0.6) is 0 Å². The standard InChI is InChI=1S/C29H27N7O3.C11H13N3/c1-39-34-28(38)25-17-36(23-10-7-20-3-2-4-21(20)15-23)27-24(26(25)37)16-31-29(33-27)32-22-8-5-19(6-9-22)11-13-35-14-12-30-18-35;12-11-3-1-10(2-4-11)5-7-14-8-6-13-9-14/h5-10,12,14-18H,2-4,11,13H2,1H3,(H,34,38)(H,31,32,33);1-4,6,8-9H,5,7,12H2. The molecule has 268 valence electrons. The second kappa shape index (κ2) is 16.2. The number of hydrogen-bond donors (Lipinski definition) is 3. The molecule has 0 spiro atoms. The third kappa shape index (κ3) is 8.48. The molecule has 1 aliphatic rings. The Morgan fingerprint density at radius 3 is 2.17 bits per heavy atom. The third-order valence-corrected chi connectivity index (χ3v) is 9.17. The number of hydroxylamine groups is 1. The molecule has 0 bridgehead atoms. The fourth-order valence-corrected chi connectivity index (χ4v) is 6.31. The Morgan fingerprint density at radius 1 is 0.868 bits per heavy atom. The van der Waals surface area contributed by atoms with Gasteiger partial charge in [-0.1, -0.05) is 30.3 Å². The molecular weight excluding hydrogens is 669 g/mol. The van der Waals surface area contributed by atoms with Crippen LogP contribution in [0.15, 0.2) is 121 Å². The van der Waals surface area contributed by atoms with Crippen LogP contribution in [-0.2, 0) is 43.6 Å². The molecule has 0 radical (unpaired) electrons. The van der Waals surface area contributed by atoms with Gasteiger partial charge < -0.3 is 24.8 Å². The highest BCUT2D eigenvalue weighted by Crippen LogP contribution is 2.26. The molecule has 4 heterocycles. The Bertz CT molecular complexity index is 2350. The van der Waals surface area contributed by atoms with Gasteiger partial charge in [-0.2, -0.15) is 4.98 Å². The average Bonchev–Trinajstić information content (AvgIpc) is 3.99. The van der Waals surface area contributed by atoms with Crippen molar-refractivity contribution < 1.29 is 9.63 Å². The monoisotopic (exact) mass is 708 g/mol. The number of nitrogens with one attached hydrogen (secondary N) is 2. The zero-order valence-electron chi connectivity index (χ0n) is 29.4. The second-order valence-corrected chi connectivity index (χ2v) is 12.8. The fraction of sp³-hybridized carbons (Fsp3) is 0.200. The van der Waals surface area contributed by atoms with E-state index in [9.17, 15) is 9.59 Å². The van der Waals surface area contributed by atoms with Crippen LogP contribution >= 0.6 is 0 Å². The molecule has 0 saturated heterocycles. The summed E-state index contributed by atoms with van der Waals surface area (Å²) in [6.45, 7) is 1.81. The first-order chi connectivity index (χ1) is 25.9. The van der Waals surface area contributed by atoms with Crippen LogP contribution < -0.4 is 22.0 Å². The molecule has 3 aromatic carbocycles. The van der Waals surface area contributed by atoms with Crippen LogP contribution in [0.3, 0.4) is 0 Å². The van der Waals surface area contributed by atoms with Crippen molar-refractivity contribution in [1.82, 2.24) is 39.1 Å². The minimum atomic E-state index is -0.630. The number of hydrogen-bond acceptors (Lipinski definition) is 9. The predicted octanol–water partition coefficient (Wildman–Crippen LogP) is 5.45. The van der Waals surface area contributed by atoms with Crippen LogP contribution in [-0.4, -0.2) is 46.7 Å². The molecule has 4 N–H and O–H groups in total. The van der Waals surface area contributed by atoms with E-state index in [-0.39, 0.29) is 10.9 Å². The van der Waals surface area contributed by atoms with E-state index in [1.807, 2.05) is 59.9 Å². The lowest BCUT2D eigenvalue weighted by molar-refractivity contribution is 0.0536. The molecule has 0 fully saturated rings. The summed E-state index contributed by atoms with van der Waals surface area (Å²) in [5, 5.41) is 3.47. The fourth-order valence-electron chi connectivity index (χ4n) is 6.31. The van der Waals surface area contributed by atoms with Crippen molar-refractivity contribution in [2.75, 3.05) is 18.2 Å². The Labute approximate surface area is 306 Å². The summed E-state index contributed by atoms with van der Waals surface area (Å²) in [6.07, 6.45) is 19.2. The smallest absolute Gasteiger partial charge is 0.280 e. The number of fused-ring (bicyclic) bond motifs is 2. The van der Waals surface area contributed by atoms with Crippen LogP contribution in [0.1, 0.15) is 39.0 Å². The molecule has 13 heteroatoms. The van der Waals surface area contributed by atoms with E-state index in [1.165, 1.54) is 41.8 Å². The second-order valence-electron chi connectivity index (χ2n) is 12.8. The van der Waals surface area contributed by atoms with Gasteiger partial charge in [-0.3, -0.25) is 14.4 Å². The van der Waals surface area contributed by atoms with E-state index in [2.05, 4.69) is 66.7 Å². The summed E-state index contributed by atoms with van der Waals surface area (Å²) in [6, 6.07) is 22.2. The molecule has 13 nitrogen and oxygen atoms in total. The summed E-state index contributed by atoms with van der Waals surface area (Å²) in [7, 11) is 1.32. The van der Waals surface area contributed by atoms with Gasteiger partial charge >= 0.3 is 0 Å². The van der Waals surface area contributed by atoms with Gasteiger partial charge in [0.2, 0.25) is 11.4 Å². The number of carbonyl (C=O) groups excluding carboxylic acids is 1. The van der Waals surface area contributed by atoms with E-state index in [0.717, 1.165) is 62.3 Å². The zero-order chi connectivity index (χ0) is 36.6. The predicted molar refractivity (Wildman–Crippen MR) is 204 cm³/mol. The number of aryl methyl sites for hydroxylation is 6. The first-order valence-corrected chi connectivity index (χ1v) is 17.4. The molecule has 8 rings (SSSR count). The van der Waals surface area contributed by atoms with Crippen molar-refractivity contribution in [3.05, 3.63) is 155 Å². The Kier molecular flexibility index (Phi) is 10.6. The van der Waals surface area contributed by atoms with Crippen molar-refractivity contribution in [3.63, 3.8) is 0 Å².